The van der Waals surface area contributed by atoms with Gasteiger partial charge in [-0.15, -0.1) is 0 Å². The molecule has 2 heterocycles. The Labute approximate surface area is 205 Å². The van der Waals surface area contributed by atoms with Crippen LogP contribution in [0, 0.1) is 11.7 Å². The molecule has 0 atom stereocenters. The Morgan fingerprint density at radius 1 is 0.914 bits per heavy atom. The summed E-state index contributed by atoms with van der Waals surface area (Å²) in [6, 6.07) is 25.1. The number of imidazole rings is 1. The summed E-state index contributed by atoms with van der Waals surface area (Å²) < 4.78 is 15.6. The number of para-hydroxylation sites is 2. The number of rotatable bonds is 8. The Morgan fingerprint density at radius 2 is 1.63 bits per heavy atom. The second-order valence-electron chi connectivity index (χ2n) is 9.25. The van der Waals surface area contributed by atoms with E-state index < -0.39 is 0 Å². The summed E-state index contributed by atoms with van der Waals surface area (Å²) in [5.41, 5.74) is 4.34. The van der Waals surface area contributed by atoms with Gasteiger partial charge in [0.2, 0.25) is 11.9 Å². The highest BCUT2D eigenvalue weighted by Crippen LogP contribution is 2.28. The van der Waals surface area contributed by atoms with Crippen molar-refractivity contribution in [1.29, 1.82) is 0 Å². The number of anilines is 1. The summed E-state index contributed by atoms with van der Waals surface area (Å²) in [5, 5.41) is 3.14. The zero-order valence-corrected chi connectivity index (χ0v) is 19.9. The molecule has 0 radical (unpaired) electrons. The Bertz CT molecular complexity index is 1260. The van der Waals surface area contributed by atoms with Crippen LogP contribution >= 0.6 is 0 Å². The van der Waals surface area contributed by atoms with Gasteiger partial charge in [0.1, 0.15) is 5.82 Å². The molecule has 0 saturated carbocycles. The number of amides is 1. The van der Waals surface area contributed by atoms with Crippen molar-refractivity contribution < 1.29 is 9.18 Å². The van der Waals surface area contributed by atoms with E-state index in [4.69, 9.17) is 4.98 Å². The van der Waals surface area contributed by atoms with E-state index in [1.807, 2.05) is 36.4 Å². The molecule has 1 saturated heterocycles. The van der Waals surface area contributed by atoms with Crippen LogP contribution in [0.25, 0.3) is 11.0 Å². The number of nitrogens with one attached hydrogen (secondary N) is 1. The standard InChI is InChI=1S/C29H31FN4O/c30-25-14-12-23(13-15-25)21-34-27-11-5-4-10-26(27)32-29(34)33-19-16-24(17-20-33)28(35)31-18-6-9-22-7-2-1-3-8-22/h1-5,7-8,10-15,24H,6,9,16-21H2,(H,31,35). The number of hydrogen-bond donors (Lipinski definition) is 1. The molecule has 35 heavy (non-hydrogen) atoms. The minimum absolute atomic E-state index is 0.0397. The normalized spacial score (nSPS) is 14.4. The van der Waals surface area contributed by atoms with Crippen LogP contribution in [0.5, 0.6) is 0 Å². The van der Waals surface area contributed by atoms with Crippen molar-refractivity contribution in [2.45, 2.75) is 32.2 Å². The van der Waals surface area contributed by atoms with E-state index in [0.29, 0.717) is 13.1 Å². The fourth-order valence-corrected chi connectivity index (χ4v) is 4.87. The first-order valence-electron chi connectivity index (χ1n) is 12.4. The molecule has 6 heteroatoms. The van der Waals surface area contributed by atoms with Crippen molar-refractivity contribution in [3.8, 4) is 0 Å². The fourth-order valence-electron chi connectivity index (χ4n) is 4.87. The van der Waals surface area contributed by atoms with Gasteiger partial charge >= 0.3 is 0 Å². The average Bonchev–Trinajstić information content (AvgIpc) is 3.27. The minimum Gasteiger partial charge on any atom is -0.356 e. The van der Waals surface area contributed by atoms with Crippen molar-refractivity contribution in [1.82, 2.24) is 14.9 Å². The Kier molecular flexibility index (Phi) is 7.07. The third-order valence-corrected chi connectivity index (χ3v) is 6.82. The van der Waals surface area contributed by atoms with Crippen molar-refractivity contribution in [3.63, 3.8) is 0 Å². The molecular weight excluding hydrogens is 439 g/mol. The van der Waals surface area contributed by atoms with Crippen LogP contribution in [0.2, 0.25) is 0 Å². The number of aromatic nitrogens is 2. The molecule has 5 rings (SSSR count). The molecule has 180 valence electrons. The van der Waals surface area contributed by atoms with Gasteiger partial charge in [-0.2, -0.15) is 0 Å². The Hall–Kier alpha value is -3.67. The van der Waals surface area contributed by atoms with Crippen molar-refractivity contribution in [2.75, 3.05) is 24.5 Å². The van der Waals surface area contributed by atoms with Crippen LogP contribution in [0.15, 0.2) is 78.9 Å². The summed E-state index contributed by atoms with van der Waals surface area (Å²) in [4.78, 5) is 20.0. The monoisotopic (exact) mass is 470 g/mol. The van der Waals surface area contributed by atoms with E-state index in [1.54, 1.807) is 0 Å². The highest BCUT2D eigenvalue weighted by atomic mass is 19.1. The molecule has 1 N–H and O–H groups in total. The van der Waals surface area contributed by atoms with E-state index in [9.17, 15) is 9.18 Å². The number of hydrogen-bond acceptors (Lipinski definition) is 3. The van der Waals surface area contributed by atoms with E-state index in [2.05, 4.69) is 45.1 Å². The lowest BCUT2D eigenvalue weighted by Crippen LogP contribution is -2.41. The molecule has 1 fully saturated rings. The van der Waals surface area contributed by atoms with Gasteiger partial charge in [-0.05, 0) is 61.1 Å². The lowest BCUT2D eigenvalue weighted by Gasteiger charge is -2.32. The van der Waals surface area contributed by atoms with Crippen LogP contribution in [0.3, 0.4) is 0 Å². The smallest absolute Gasteiger partial charge is 0.223 e. The van der Waals surface area contributed by atoms with E-state index >= 15 is 0 Å². The highest BCUT2D eigenvalue weighted by Gasteiger charge is 2.27. The van der Waals surface area contributed by atoms with Crippen molar-refractivity contribution >= 4 is 22.9 Å². The van der Waals surface area contributed by atoms with Gasteiger partial charge in [-0.25, -0.2) is 9.37 Å². The Balaban J connectivity index is 1.20. The van der Waals surface area contributed by atoms with Crippen LogP contribution in [-0.4, -0.2) is 35.1 Å². The summed E-state index contributed by atoms with van der Waals surface area (Å²) in [6.07, 6.45) is 3.54. The number of carbonyl (C=O) groups is 1. The molecule has 1 amide bonds. The van der Waals surface area contributed by atoms with E-state index in [0.717, 1.165) is 61.3 Å². The quantitative estimate of drug-likeness (QED) is 0.361. The lowest BCUT2D eigenvalue weighted by atomic mass is 9.96. The molecule has 0 aliphatic carbocycles. The van der Waals surface area contributed by atoms with Gasteiger partial charge in [0.25, 0.3) is 0 Å². The molecule has 1 aliphatic rings. The maximum atomic E-state index is 13.4. The van der Waals surface area contributed by atoms with Gasteiger partial charge in [0, 0.05) is 25.6 Å². The lowest BCUT2D eigenvalue weighted by molar-refractivity contribution is -0.125. The predicted octanol–water partition coefficient (Wildman–Crippen LogP) is 5.19. The summed E-state index contributed by atoms with van der Waals surface area (Å²) >= 11 is 0. The Morgan fingerprint density at radius 3 is 2.40 bits per heavy atom. The summed E-state index contributed by atoms with van der Waals surface area (Å²) in [7, 11) is 0. The predicted molar refractivity (Wildman–Crippen MR) is 138 cm³/mol. The molecule has 1 aromatic heterocycles. The molecule has 0 spiro atoms. The van der Waals surface area contributed by atoms with Crippen molar-refractivity contribution in [3.05, 3.63) is 95.8 Å². The largest absolute Gasteiger partial charge is 0.356 e. The first kappa shape index (κ1) is 23.1. The molecule has 5 nitrogen and oxygen atoms in total. The maximum Gasteiger partial charge on any atom is 0.223 e. The number of aryl methyl sites for hydroxylation is 1. The summed E-state index contributed by atoms with van der Waals surface area (Å²) in [5.74, 6) is 0.887. The third-order valence-electron chi connectivity index (χ3n) is 6.82. The number of carbonyl (C=O) groups excluding carboxylic acids is 1. The van der Waals surface area contributed by atoms with Gasteiger partial charge < -0.3 is 14.8 Å². The SMILES string of the molecule is O=C(NCCCc1ccccc1)C1CCN(c2nc3ccccc3n2Cc2ccc(F)cc2)CC1. The minimum atomic E-state index is -0.232. The molecular formula is C29H31FN4O. The molecule has 3 aromatic carbocycles. The zero-order chi connectivity index (χ0) is 24.0. The maximum absolute atomic E-state index is 13.4. The first-order chi connectivity index (χ1) is 17.2. The molecule has 1 aliphatic heterocycles. The number of fused-ring (bicyclic) bond motifs is 1. The van der Waals surface area contributed by atoms with Gasteiger partial charge in [0.15, 0.2) is 0 Å². The van der Waals surface area contributed by atoms with Gasteiger partial charge in [-0.3, -0.25) is 4.79 Å². The fraction of sp³-hybridized carbons (Fsp3) is 0.310. The first-order valence-corrected chi connectivity index (χ1v) is 12.4. The molecule has 0 bridgehead atoms. The number of halogens is 1. The zero-order valence-electron chi connectivity index (χ0n) is 19.9. The van der Waals surface area contributed by atoms with Crippen LogP contribution in [0.4, 0.5) is 10.3 Å². The molecule has 0 unspecified atom stereocenters. The topological polar surface area (TPSA) is 50.2 Å². The molecule has 4 aromatic rings. The second-order valence-corrected chi connectivity index (χ2v) is 9.25. The second kappa shape index (κ2) is 10.7. The number of piperidine rings is 1. The highest BCUT2D eigenvalue weighted by molar-refractivity contribution is 5.80. The van der Waals surface area contributed by atoms with Crippen LogP contribution in [0.1, 0.15) is 30.4 Å². The third kappa shape index (κ3) is 5.53. The van der Waals surface area contributed by atoms with E-state index in [-0.39, 0.29) is 17.6 Å². The van der Waals surface area contributed by atoms with Gasteiger partial charge in [0.05, 0.1) is 17.6 Å². The number of nitrogens with zero attached hydrogens (tertiary/aromatic N) is 3. The summed E-state index contributed by atoms with van der Waals surface area (Å²) in [6.45, 7) is 2.91. The van der Waals surface area contributed by atoms with Gasteiger partial charge in [-0.1, -0.05) is 54.6 Å². The number of benzene rings is 3. The van der Waals surface area contributed by atoms with Crippen molar-refractivity contribution in [2.24, 2.45) is 5.92 Å². The average molecular weight is 471 g/mol. The van der Waals surface area contributed by atoms with Crippen LogP contribution in [-0.2, 0) is 17.8 Å². The van der Waals surface area contributed by atoms with E-state index in [1.165, 1.54) is 17.7 Å². The van der Waals surface area contributed by atoms with Crippen LogP contribution < -0.4 is 10.2 Å².